The fraction of sp³-hybridized carbons (Fsp3) is 0.125. The highest BCUT2D eigenvalue weighted by Gasteiger charge is 2.22. The Morgan fingerprint density at radius 3 is 2.82 bits per heavy atom. The first-order chi connectivity index (χ1) is 5.29. The lowest BCUT2D eigenvalue weighted by Crippen LogP contribution is -2.08. The number of hydrogen-bond donors (Lipinski definition) is 0. The zero-order valence-electron chi connectivity index (χ0n) is 5.95. The van der Waals surface area contributed by atoms with Crippen molar-refractivity contribution in [1.82, 2.24) is 0 Å². The molecule has 1 unspecified atom stereocenters. The number of fused-ring (bicyclic) bond motifs is 1. The average Bonchev–Trinajstić information content (AvgIpc) is 2.30. The SMILES string of the molecule is O=C1CN(P)c2ccccc21. The monoisotopic (exact) mass is 165 g/mol. The molecule has 0 fully saturated rings. The number of ketones is 1. The average molecular weight is 165 g/mol. The molecule has 56 valence electrons. The minimum absolute atomic E-state index is 0.204. The van der Waals surface area contributed by atoms with Crippen LogP contribution in [0.15, 0.2) is 24.3 Å². The van der Waals surface area contributed by atoms with Crippen LogP contribution in [0.4, 0.5) is 5.69 Å². The predicted octanol–water partition coefficient (Wildman–Crippen LogP) is 1.48. The summed E-state index contributed by atoms with van der Waals surface area (Å²) in [6, 6.07) is 7.64. The second-order valence-corrected chi connectivity index (χ2v) is 3.19. The first kappa shape index (κ1) is 6.81. The van der Waals surface area contributed by atoms with Crippen molar-refractivity contribution < 1.29 is 4.79 Å². The van der Waals surface area contributed by atoms with Gasteiger partial charge in [0.05, 0.1) is 12.2 Å². The molecule has 2 nitrogen and oxygen atoms in total. The fourth-order valence-electron chi connectivity index (χ4n) is 1.28. The lowest BCUT2D eigenvalue weighted by atomic mass is 10.1. The van der Waals surface area contributed by atoms with Crippen LogP contribution in [-0.2, 0) is 0 Å². The van der Waals surface area contributed by atoms with E-state index in [0.29, 0.717) is 6.54 Å². The van der Waals surface area contributed by atoms with Crippen LogP contribution in [0.3, 0.4) is 0 Å². The molecule has 11 heavy (non-hydrogen) atoms. The van der Waals surface area contributed by atoms with Crippen LogP contribution < -0.4 is 4.67 Å². The number of hydrogen-bond acceptors (Lipinski definition) is 2. The quantitative estimate of drug-likeness (QED) is 0.542. The minimum atomic E-state index is 0.204. The number of carbonyl (C=O) groups is 1. The first-order valence-electron chi connectivity index (χ1n) is 3.43. The van der Waals surface area contributed by atoms with E-state index in [1.165, 1.54) is 0 Å². The molecular formula is C8H8NOP. The van der Waals surface area contributed by atoms with Crippen molar-refractivity contribution in [2.45, 2.75) is 0 Å². The van der Waals surface area contributed by atoms with Crippen LogP contribution >= 0.6 is 9.39 Å². The van der Waals surface area contributed by atoms with E-state index in [9.17, 15) is 4.79 Å². The van der Waals surface area contributed by atoms with Crippen LogP contribution in [0, 0.1) is 0 Å². The highest BCUT2D eigenvalue weighted by atomic mass is 31.0. The number of nitrogens with zero attached hydrogens (tertiary/aromatic N) is 1. The topological polar surface area (TPSA) is 20.3 Å². The molecule has 0 saturated heterocycles. The van der Waals surface area contributed by atoms with Gasteiger partial charge in [-0.25, -0.2) is 0 Å². The molecule has 1 atom stereocenters. The maximum absolute atomic E-state index is 11.2. The predicted molar refractivity (Wildman–Crippen MR) is 47.8 cm³/mol. The molecule has 0 spiro atoms. The van der Waals surface area contributed by atoms with Gasteiger partial charge in [0.15, 0.2) is 5.78 Å². The van der Waals surface area contributed by atoms with Crippen LogP contribution in [0.5, 0.6) is 0 Å². The molecule has 0 saturated carbocycles. The van der Waals surface area contributed by atoms with Crippen molar-refractivity contribution in [3.05, 3.63) is 29.8 Å². The van der Waals surface area contributed by atoms with Gasteiger partial charge >= 0.3 is 0 Å². The number of benzene rings is 1. The number of carbonyl (C=O) groups excluding carboxylic acids is 1. The second-order valence-electron chi connectivity index (χ2n) is 2.57. The van der Waals surface area contributed by atoms with Gasteiger partial charge in [0.2, 0.25) is 0 Å². The standard InChI is InChI=1S/C8H8NOP/c10-8-5-9(11)7-4-2-1-3-6(7)8/h1-4H,5,11H2. The van der Waals surface area contributed by atoms with Gasteiger partial charge in [-0.15, -0.1) is 0 Å². The van der Waals surface area contributed by atoms with E-state index in [0.717, 1.165) is 11.3 Å². The van der Waals surface area contributed by atoms with Crippen molar-refractivity contribution in [3.63, 3.8) is 0 Å². The van der Waals surface area contributed by atoms with Gasteiger partial charge in [-0.2, -0.15) is 0 Å². The summed E-state index contributed by atoms with van der Waals surface area (Å²) in [7, 11) is 2.54. The molecular weight excluding hydrogens is 157 g/mol. The normalized spacial score (nSPS) is 15.4. The Hall–Kier alpha value is -0.880. The van der Waals surface area contributed by atoms with E-state index in [1.807, 2.05) is 28.9 Å². The highest BCUT2D eigenvalue weighted by molar-refractivity contribution is 7.19. The smallest absolute Gasteiger partial charge is 0.184 e. The summed E-state index contributed by atoms with van der Waals surface area (Å²) in [6.07, 6.45) is 0. The molecule has 0 N–H and O–H groups in total. The largest absolute Gasteiger partial charge is 0.348 e. The van der Waals surface area contributed by atoms with E-state index >= 15 is 0 Å². The van der Waals surface area contributed by atoms with Crippen molar-refractivity contribution >= 4 is 20.9 Å². The van der Waals surface area contributed by atoms with Crippen LogP contribution in [-0.4, -0.2) is 12.3 Å². The van der Waals surface area contributed by atoms with E-state index in [4.69, 9.17) is 0 Å². The molecule has 1 aliphatic rings. The number of para-hydroxylation sites is 1. The molecule has 0 amide bonds. The maximum atomic E-state index is 11.2. The minimum Gasteiger partial charge on any atom is -0.348 e. The van der Waals surface area contributed by atoms with E-state index in [1.54, 1.807) is 0 Å². The zero-order chi connectivity index (χ0) is 7.84. The van der Waals surface area contributed by atoms with Gasteiger partial charge in [-0.3, -0.25) is 4.79 Å². The number of rotatable bonds is 0. The van der Waals surface area contributed by atoms with E-state index in [-0.39, 0.29) is 5.78 Å². The summed E-state index contributed by atoms with van der Waals surface area (Å²) in [5.74, 6) is 0.204. The van der Waals surface area contributed by atoms with Crippen molar-refractivity contribution in [2.24, 2.45) is 0 Å². The Morgan fingerprint density at radius 1 is 1.36 bits per heavy atom. The molecule has 0 radical (unpaired) electrons. The van der Waals surface area contributed by atoms with Gasteiger partial charge in [0, 0.05) is 5.56 Å². The Balaban J connectivity index is 2.60. The highest BCUT2D eigenvalue weighted by Crippen LogP contribution is 2.29. The van der Waals surface area contributed by atoms with E-state index < -0.39 is 0 Å². The summed E-state index contributed by atoms with van der Waals surface area (Å²) in [4.78, 5) is 11.2. The Kier molecular flexibility index (Phi) is 1.43. The molecule has 2 rings (SSSR count). The summed E-state index contributed by atoms with van der Waals surface area (Å²) >= 11 is 0. The molecule has 1 aromatic carbocycles. The second kappa shape index (κ2) is 2.31. The third kappa shape index (κ3) is 0.945. The molecule has 1 aromatic rings. The zero-order valence-corrected chi connectivity index (χ0v) is 7.10. The molecule has 0 bridgehead atoms. The molecule has 1 heterocycles. The Labute approximate surface area is 67.5 Å². The van der Waals surface area contributed by atoms with Gasteiger partial charge in [-0.1, -0.05) is 12.1 Å². The lowest BCUT2D eigenvalue weighted by molar-refractivity contribution is 0.101. The molecule has 1 aliphatic heterocycles. The van der Waals surface area contributed by atoms with Crippen LogP contribution in [0.2, 0.25) is 0 Å². The Bertz CT molecular complexity index is 311. The fourth-order valence-corrected chi connectivity index (χ4v) is 1.68. The van der Waals surface area contributed by atoms with Crippen LogP contribution in [0.25, 0.3) is 0 Å². The molecule has 0 aliphatic carbocycles. The molecule has 3 heteroatoms. The third-order valence-corrected chi connectivity index (χ3v) is 2.29. The summed E-state index contributed by atoms with van der Waals surface area (Å²) in [5, 5.41) is 0. The van der Waals surface area contributed by atoms with Crippen molar-refractivity contribution in [1.29, 1.82) is 0 Å². The number of Topliss-reactive ketones (excluding diaryl/α,β-unsaturated/α-hetero) is 1. The van der Waals surface area contributed by atoms with Gasteiger partial charge in [0.1, 0.15) is 0 Å². The lowest BCUT2D eigenvalue weighted by Gasteiger charge is -2.08. The number of anilines is 1. The van der Waals surface area contributed by atoms with Gasteiger partial charge in [-0.05, 0) is 21.5 Å². The molecule has 0 aromatic heterocycles. The summed E-state index contributed by atoms with van der Waals surface area (Å²) < 4.78 is 1.89. The van der Waals surface area contributed by atoms with Gasteiger partial charge < -0.3 is 4.67 Å². The summed E-state index contributed by atoms with van der Waals surface area (Å²) in [5.41, 5.74) is 1.85. The van der Waals surface area contributed by atoms with Crippen molar-refractivity contribution in [3.8, 4) is 0 Å². The van der Waals surface area contributed by atoms with Crippen molar-refractivity contribution in [2.75, 3.05) is 11.2 Å². The summed E-state index contributed by atoms with van der Waals surface area (Å²) in [6.45, 7) is 0.490. The first-order valence-corrected chi connectivity index (χ1v) is 3.95. The van der Waals surface area contributed by atoms with Gasteiger partial charge in [0.25, 0.3) is 0 Å². The Morgan fingerprint density at radius 2 is 2.09 bits per heavy atom. The maximum Gasteiger partial charge on any atom is 0.184 e. The van der Waals surface area contributed by atoms with E-state index in [2.05, 4.69) is 9.39 Å². The third-order valence-electron chi connectivity index (χ3n) is 1.83. The van der Waals surface area contributed by atoms with Crippen LogP contribution in [0.1, 0.15) is 10.4 Å².